The summed E-state index contributed by atoms with van der Waals surface area (Å²) >= 11 is 0. The average molecular weight is 283 g/mol. The third-order valence-corrected chi connectivity index (χ3v) is 3.73. The van der Waals surface area contributed by atoms with Crippen LogP contribution in [0.1, 0.15) is 36.8 Å². The molecule has 1 aromatic rings. The van der Waals surface area contributed by atoms with Crippen LogP contribution in [0.4, 0.5) is 8.78 Å². The summed E-state index contributed by atoms with van der Waals surface area (Å²) in [5.74, 6) is -3.07. The Morgan fingerprint density at radius 3 is 2.60 bits per heavy atom. The summed E-state index contributed by atoms with van der Waals surface area (Å²) in [5.41, 5.74) is 1.68. The number of amides is 1. The van der Waals surface area contributed by atoms with Crippen LogP contribution in [0, 0.1) is 5.92 Å². The first-order valence-corrected chi connectivity index (χ1v) is 6.84. The molecule has 0 radical (unpaired) electrons. The number of hydrogen-bond donors (Lipinski definition) is 2. The van der Waals surface area contributed by atoms with Crippen molar-refractivity contribution in [2.75, 3.05) is 0 Å². The van der Waals surface area contributed by atoms with Crippen molar-refractivity contribution in [2.45, 2.75) is 44.8 Å². The summed E-state index contributed by atoms with van der Waals surface area (Å²) in [7, 11) is 0. The van der Waals surface area contributed by atoms with Crippen LogP contribution in [0.5, 0.6) is 0 Å². The lowest BCUT2D eigenvalue weighted by Gasteiger charge is -2.27. The first-order chi connectivity index (χ1) is 9.50. The third kappa shape index (κ3) is 4.00. The van der Waals surface area contributed by atoms with Gasteiger partial charge in [-0.15, -0.1) is 0 Å². The van der Waals surface area contributed by atoms with E-state index in [4.69, 9.17) is 5.11 Å². The zero-order valence-corrected chi connectivity index (χ0v) is 11.2. The van der Waals surface area contributed by atoms with Crippen molar-refractivity contribution in [1.82, 2.24) is 5.32 Å². The van der Waals surface area contributed by atoms with Gasteiger partial charge >= 0.3 is 0 Å². The standard InChI is InChI=1S/C15H19F2NO2/c16-15(17)6-4-13(5-7-15)14(20)18-9-11-2-1-3-12(8-11)10-19/h1-3,8,13,19H,4-7,9-10H2,(H,18,20). The molecule has 0 bridgehead atoms. The van der Waals surface area contributed by atoms with Crippen LogP contribution in [0.25, 0.3) is 0 Å². The van der Waals surface area contributed by atoms with Gasteiger partial charge in [0, 0.05) is 25.3 Å². The van der Waals surface area contributed by atoms with Crippen LogP contribution in [-0.2, 0) is 17.9 Å². The highest BCUT2D eigenvalue weighted by molar-refractivity contribution is 5.78. The maximum atomic E-state index is 13.0. The van der Waals surface area contributed by atoms with Crippen molar-refractivity contribution < 1.29 is 18.7 Å². The normalized spacial score (nSPS) is 18.8. The van der Waals surface area contributed by atoms with Gasteiger partial charge in [0.1, 0.15) is 0 Å². The van der Waals surface area contributed by atoms with E-state index in [9.17, 15) is 13.6 Å². The number of nitrogens with one attached hydrogen (secondary N) is 1. The van der Waals surface area contributed by atoms with Crippen LogP contribution in [0.3, 0.4) is 0 Å². The van der Waals surface area contributed by atoms with Gasteiger partial charge < -0.3 is 10.4 Å². The number of halogens is 2. The maximum Gasteiger partial charge on any atom is 0.248 e. The Balaban J connectivity index is 1.83. The second-order valence-corrected chi connectivity index (χ2v) is 5.33. The molecule has 0 aliphatic heterocycles. The van der Waals surface area contributed by atoms with Crippen LogP contribution < -0.4 is 5.32 Å². The lowest BCUT2D eigenvalue weighted by molar-refractivity contribution is -0.129. The van der Waals surface area contributed by atoms with Crippen LogP contribution in [-0.4, -0.2) is 16.9 Å². The Bertz CT molecular complexity index is 467. The molecule has 1 amide bonds. The molecule has 0 spiro atoms. The molecule has 1 saturated carbocycles. The summed E-state index contributed by atoms with van der Waals surface area (Å²) in [4.78, 5) is 11.9. The van der Waals surface area contributed by atoms with E-state index in [0.717, 1.165) is 11.1 Å². The number of hydrogen-bond acceptors (Lipinski definition) is 2. The second kappa shape index (κ2) is 6.31. The molecule has 0 unspecified atom stereocenters. The molecule has 1 aliphatic carbocycles. The lowest BCUT2D eigenvalue weighted by Crippen LogP contribution is -2.35. The van der Waals surface area contributed by atoms with E-state index in [2.05, 4.69) is 5.32 Å². The third-order valence-electron chi connectivity index (χ3n) is 3.73. The van der Waals surface area contributed by atoms with Crippen LogP contribution >= 0.6 is 0 Å². The molecular weight excluding hydrogens is 264 g/mol. The minimum atomic E-state index is -2.60. The average Bonchev–Trinajstić information content (AvgIpc) is 2.45. The topological polar surface area (TPSA) is 49.3 Å². The van der Waals surface area contributed by atoms with Gasteiger partial charge in [0.25, 0.3) is 0 Å². The predicted octanol–water partition coefficient (Wildman–Crippen LogP) is 2.62. The van der Waals surface area contributed by atoms with Crippen LogP contribution in [0.2, 0.25) is 0 Å². The highest BCUT2D eigenvalue weighted by atomic mass is 19.3. The van der Waals surface area contributed by atoms with Gasteiger partial charge in [-0.1, -0.05) is 24.3 Å². The van der Waals surface area contributed by atoms with E-state index < -0.39 is 5.92 Å². The van der Waals surface area contributed by atoms with Crippen molar-refractivity contribution in [1.29, 1.82) is 0 Å². The highest BCUT2D eigenvalue weighted by Crippen LogP contribution is 2.36. The first kappa shape index (κ1) is 14.9. The molecule has 0 aromatic heterocycles. The summed E-state index contributed by atoms with van der Waals surface area (Å²) in [6, 6.07) is 7.28. The van der Waals surface area contributed by atoms with Gasteiger partial charge in [-0.05, 0) is 24.0 Å². The molecule has 3 nitrogen and oxygen atoms in total. The largest absolute Gasteiger partial charge is 0.392 e. The molecular formula is C15H19F2NO2. The van der Waals surface area contributed by atoms with E-state index >= 15 is 0 Å². The summed E-state index contributed by atoms with van der Waals surface area (Å²) in [6.45, 7) is 0.319. The summed E-state index contributed by atoms with van der Waals surface area (Å²) in [5, 5.41) is 11.8. The van der Waals surface area contributed by atoms with Gasteiger partial charge in [0.2, 0.25) is 11.8 Å². The van der Waals surface area contributed by atoms with E-state index in [1.165, 1.54) is 0 Å². The van der Waals surface area contributed by atoms with E-state index in [1.54, 1.807) is 6.07 Å². The van der Waals surface area contributed by atoms with E-state index in [-0.39, 0.29) is 44.1 Å². The van der Waals surface area contributed by atoms with Crippen molar-refractivity contribution >= 4 is 5.91 Å². The van der Waals surface area contributed by atoms with Crippen molar-refractivity contribution in [3.05, 3.63) is 35.4 Å². The SMILES string of the molecule is O=C(NCc1cccc(CO)c1)C1CCC(F)(F)CC1. The number of carbonyl (C=O) groups is 1. The minimum absolute atomic E-state index is 0.0422. The Hall–Kier alpha value is -1.49. The van der Waals surface area contributed by atoms with Gasteiger partial charge in [0.05, 0.1) is 6.61 Å². The summed E-state index contributed by atoms with van der Waals surface area (Å²) in [6.07, 6.45) is 0.0845. The lowest BCUT2D eigenvalue weighted by atomic mass is 9.86. The smallest absolute Gasteiger partial charge is 0.248 e. The Morgan fingerprint density at radius 1 is 1.30 bits per heavy atom. The molecule has 20 heavy (non-hydrogen) atoms. The van der Waals surface area contributed by atoms with E-state index in [0.29, 0.717) is 6.54 Å². The zero-order valence-electron chi connectivity index (χ0n) is 11.2. The molecule has 1 fully saturated rings. The molecule has 0 heterocycles. The molecule has 5 heteroatoms. The minimum Gasteiger partial charge on any atom is -0.392 e. The number of carbonyl (C=O) groups excluding carboxylic acids is 1. The molecule has 2 rings (SSSR count). The quantitative estimate of drug-likeness (QED) is 0.892. The monoisotopic (exact) mass is 283 g/mol. The van der Waals surface area contributed by atoms with Crippen molar-refractivity contribution in [3.63, 3.8) is 0 Å². The summed E-state index contributed by atoms with van der Waals surface area (Å²) < 4.78 is 26.0. The zero-order chi connectivity index (χ0) is 14.6. The number of aliphatic hydroxyl groups is 1. The fourth-order valence-electron chi connectivity index (χ4n) is 2.47. The second-order valence-electron chi connectivity index (χ2n) is 5.33. The molecule has 110 valence electrons. The van der Waals surface area contributed by atoms with Crippen molar-refractivity contribution in [3.8, 4) is 0 Å². The number of rotatable bonds is 4. The number of aliphatic hydroxyl groups excluding tert-OH is 1. The number of alkyl halides is 2. The maximum absolute atomic E-state index is 13.0. The molecule has 0 saturated heterocycles. The fourth-order valence-corrected chi connectivity index (χ4v) is 2.47. The van der Waals surface area contributed by atoms with Gasteiger partial charge in [-0.3, -0.25) is 4.79 Å². The number of benzene rings is 1. The molecule has 1 aliphatic rings. The van der Waals surface area contributed by atoms with Gasteiger partial charge in [0.15, 0.2) is 0 Å². The molecule has 1 aromatic carbocycles. The molecule has 2 N–H and O–H groups in total. The predicted molar refractivity (Wildman–Crippen MR) is 71.1 cm³/mol. The van der Waals surface area contributed by atoms with Gasteiger partial charge in [-0.2, -0.15) is 0 Å². The highest BCUT2D eigenvalue weighted by Gasteiger charge is 2.37. The Kier molecular flexibility index (Phi) is 4.70. The van der Waals surface area contributed by atoms with Crippen molar-refractivity contribution in [2.24, 2.45) is 5.92 Å². The fraction of sp³-hybridized carbons (Fsp3) is 0.533. The van der Waals surface area contributed by atoms with E-state index in [1.807, 2.05) is 18.2 Å². The molecule has 0 atom stereocenters. The van der Waals surface area contributed by atoms with Crippen LogP contribution in [0.15, 0.2) is 24.3 Å². The first-order valence-electron chi connectivity index (χ1n) is 6.84. The Morgan fingerprint density at radius 2 is 1.95 bits per heavy atom. The van der Waals surface area contributed by atoms with Gasteiger partial charge in [-0.25, -0.2) is 8.78 Å². The Labute approximate surface area is 117 Å².